The second-order valence-electron chi connectivity index (χ2n) is 4.19. The van der Waals surface area contributed by atoms with Gasteiger partial charge in [0, 0.05) is 12.6 Å². The van der Waals surface area contributed by atoms with E-state index in [4.69, 9.17) is 0 Å². The van der Waals surface area contributed by atoms with Crippen LogP contribution in [0.1, 0.15) is 33.0 Å². The van der Waals surface area contributed by atoms with Crippen LogP contribution in [-0.4, -0.2) is 16.3 Å². The van der Waals surface area contributed by atoms with Gasteiger partial charge < -0.3 is 0 Å². The molecule has 1 aromatic carbocycles. The van der Waals surface area contributed by atoms with E-state index in [1.54, 1.807) is 12.3 Å². The van der Waals surface area contributed by atoms with Gasteiger partial charge in [-0.15, -0.1) is 0 Å². The lowest BCUT2D eigenvalue weighted by atomic mass is 10.0. The fourth-order valence-electron chi connectivity index (χ4n) is 1.92. The van der Waals surface area contributed by atoms with Crippen molar-refractivity contribution in [3.05, 3.63) is 58.7 Å². The molecular formula is C14H14N2O. The number of nitrogens with zero attached hydrogens (tertiary/aromatic N) is 2. The Labute approximate surface area is 101 Å². The number of aryl methyl sites for hydroxylation is 2. The van der Waals surface area contributed by atoms with Crippen LogP contribution in [0.15, 0.2) is 30.5 Å². The standard InChI is InChI=1S/C14H14N2O/c1-10-5-11(2)7-12(6-10)8-14-15-4-3-13(9-17)16-14/h3-7,9H,8H2,1-2H3. The molecule has 0 radical (unpaired) electrons. The summed E-state index contributed by atoms with van der Waals surface area (Å²) in [5.41, 5.74) is 4.06. The lowest BCUT2D eigenvalue weighted by Crippen LogP contribution is -1.99. The van der Waals surface area contributed by atoms with Gasteiger partial charge in [0.15, 0.2) is 6.29 Å². The van der Waals surface area contributed by atoms with E-state index >= 15 is 0 Å². The maximum atomic E-state index is 10.6. The van der Waals surface area contributed by atoms with Gasteiger partial charge in [0.05, 0.1) is 0 Å². The van der Waals surface area contributed by atoms with E-state index in [2.05, 4.69) is 42.0 Å². The number of benzene rings is 1. The maximum Gasteiger partial charge on any atom is 0.168 e. The predicted molar refractivity (Wildman–Crippen MR) is 66.1 cm³/mol. The van der Waals surface area contributed by atoms with Gasteiger partial charge in [0.2, 0.25) is 0 Å². The van der Waals surface area contributed by atoms with Gasteiger partial charge in [-0.05, 0) is 25.5 Å². The Balaban J connectivity index is 2.27. The molecule has 2 aromatic rings. The molecule has 3 heteroatoms. The van der Waals surface area contributed by atoms with Crippen LogP contribution in [0.3, 0.4) is 0 Å². The first-order valence-corrected chi connectivity index (χ1v) is 5.51. The van der Waals surface area contributed by atoms with Crippen LogP contribution in [0, 0.1) is 13.8 Å². The Morgan fingerprint density at radius 1 is 1.18 bits per heavy atom. The smallest absolute Gasteiger partial charge is 0.168 e. The Morgan fingerprint density at radius 3 is 2.53 bits per heavy atom. The molecule has 0 bridgehead atoms. The highest BCUT2D eigenvalue weighted by atomic mass is 16.1. The van der Waals surface area contributed by atoms with Gasteiger partial charge in [0.1, 0.15) is 11.5 Å². The summed E-state index contributed by atoms with van der Waals surface area (Å²) in [7, 11) is 0. The summed E-state index contributed by atoms with van der Waals surface area (Å²) >= 11 is 0. The Bertz CT molecular complexity index is 529. The molecule has 0 saturated carbocycles. The highest BCUT2D eigenvalue weighted by molar-refractivity contribution is 5.71. The van der Waals surface area contributed by atoms with Gasteiger partial charge in [-0.3, -0.25) is 4.79 Å². The third kappa shape index (κ3) is 2.97. The van der Waals surface area contributed by atoms with E-state index in [-0.39, 0.29) is 0 Å². The van der Waals surface area contributed by atoms with Crippen LogP contribution in [0.5, 0.6) is 0 Å². The average Bonchev–Trinajstić information content (AvgIpc) is 2.28. The molecule has 0 amide bonds. The third-order valence-corrected chi connectivity index (χ3v) is 2.49. The van der Waals surface area contributed by atoms with Crippen molar-refractivity contribution in [3.8, 4) is 0 Å². The lowest BCUT2D eigenvalue weighted by Gasteiger charge is -2.04. The highest BCUT2D eigenvalue weighted by Gasteiger charge is 2.02. The highest BCUT2D eigenvalue weighted by Crippen LogP contribution is 2.11. The number of carbonyl (C=O) groups excluding carboxylic acids is 1. The number of carbonyl (C=O) groups is 1. The molecule has 1 aromatic heterocycles. The molecule has 0 aliphatic rings. The van der Waals surface area contributed by atoms with Crippen LogP contribution in [0.25, 0.3) is 0 Å². The lowest BCUT2D eigenvalue weighted by molar-refractivity contribution is 0.111. The summed E-state index contributed by atoms with van der Waals surface area (Å²) in [6, 6.07) is 7.97. The molecule has 3 nitrogen and oxygen atoms in total. The minimum absolute atomic E-state index is 0.430. The summed E-state index contributed by atoms with van der Waals surface area (Å²) in [5, 5.41) is 0. The Hall–Kier alpha value is -2.03. The van der Waals surface area contributed by atoms with Crippen LogP contribution in [0.2, 0.25) is 0 Å². The van der Waals surface area contributed by atoms with Crippen molar-refractivity contribution >= 4 is 6.29 Å². The summed E-state index contributed by atoms with van der Waals surface area (Å²) in [6.07, 6.45) is 3.02. The third-order valence-electron chi connectivity index (χ3n) is 2.49. The first kappa shape index (κ1) is 11.5. The van der Waals surface area contributed by atoms with Gasteiger partial charge >= 0.3 is 0 Å². The topological polar surface area (TPSA) is 42.9 Å². The first-order chi connectivity index (χ1) is 8.17. The van der Waals surface area contributed by atoms with E-state index < -0.39 is 0 Å². The molecule has 86 valence electrons. The minimum Gasteiger partial charge on any atom is -0.296 e. The first-order valence-electron chi connectivity index (χ1n) is 5.51. The number of rotatable bonds is 3. The molecule has 0 spiro atoms. The van der Waals surface area contributed by atoms with E-state index in [0.29, 0.717) is 17.9 Å². The molecular weight excluding hydrogens is 212 g/mol. The van der Waals surface area contributed by atoms with Gasteiger partial charge in [-0.1, -0.05) is 29.3 Å². The zero-order chi connectivity index (χ0) is 12.3. The normalized spacial score (nSPS) is 10.2. The van der Waals surface area contributed by atoms with Crippen LogP contribution in [-0.2, 0) is 6.42 Å². The fourth-order valence-corrected chi connectivity index (χ4v) is 1.92. The summed E-state index contributed by atoms with van der Waals surface area (Å²) in [4.78, 5) is 19.0. The van der Waals surface area contributed by atoms with Crippen molar-refractivity contribution in [3.63, 3.8) is 0 Å². The maximum absolute atomic E-state index is 10.6. The van der Waals surface area contributed by atoms with E-state index in [9.17, 15) is 4.79 Å². The van der Waals surface area contributed by atoms with Gasteiger partial charge in [-0.25, -0.2) is 9.97 Å². The molecule has 0 aliphatic carbocycles. The molecule has 0 saturated heterocycles. The SMILES string of the molecule is Cc1cc(C)cc(Cc2nccc(C=O)n2)c1. The summed E-state index contributed by atoms with van der Waals surface area (Å²) in [6.45, 7) is 4.14. The van der Waals surface area contributed by atoms with Crippen LogP contribution < -0.4 is 0 Å². The molecule has 0 atom stereocenters. The zero-order valence-electron chi connectivity index (χ0n) is 9.97. The molecule has 0 N–H and O–H groups in total. The largest absolute Gasteiger partial charge is 0.296 e. The molecule has 1 heterocycles. The van der Waals surface area contributed by atoms with Crippen molar-refractivity contribution in [2.24, 2.45) is 0 Å². The summed E-state index contributed by atoms with van der Waals surface area (Å²) in [5.74, 6) is 0.680. The second kappa shape index (κ2) is 4.87. The molecule has 0 fully saturated rings. The molecule has 2 rings (SSSR count). The predicted octanol–water partition coefficient (Wildman–Crippen LogP) is 2.50. The summed E-state index contributed by atoms with van der Waals surface area (Å²) < 4.78 is 0. The fraction of sp³-hybridized carbons (Fsp3) is 0.214. The van der Waals surface area contributed by atoms with Gasteiger partial charge in [0.25, 0.3) is 0 Å². The van der Waals surface area contributed by atoms with Crippen molar-refractivity contribution in [2.45, 2.75) is 20.3 Å². The quantitative estimate of drug-likeness (QED) is 0.755. The molecule has 17 heavy (non-hydrogen) atoms. The average molecular weight is 226 g/mol. The molecule has 0 aliphatic heterocycles. The Kier molecular flexibility index (Phi) is 3.28. The van der Waals surface area contributed by atoms with E-state index in [1.165, 1.54) is 16.7 Å². The van der Waals surface area contributed by atoms with Crippen molar-refractivity contribution < 1.29 is 4.79 Å². The second-order valence-corrected chi connectivity index (χ2v) is 4.19. The van der Waals surface area contributed by atoms with E-state index in [1.807, 2.05) is 0 Å². The van der Waals surface area contributed by atoms with E-state index in [0.717, 1.165) is 6.29 Å². The number of hydrogen-bond donors (Lipinski definition) is 0. The zero-order valence-corrected chi connectivity index (χ0v) is 9.97. The van der Waals surface area contributed by atoms with Crippen LogP contribution in [0.4, 0.5) is 0 Å². The number of aromatic nitrogens is 2. The number of hydrogen-bond acceptors (Lipinski definition) is 3. The Morgan fingerprint density at radius 2 is 1.88 bits per heavy atom. The van der Waals surface area contributed by atoms with Crippen molar-refractivity contribution in [1.82, 2.24) is 9.97 Å². The number of aldehydes is 1. The monoisotopic (exact) mass is 226 g/mol. The molecule has 0 unspecified atom stereocenters. The van der Waals surface area contributed by atoms with Gasteiger partial charge in [-0.2, -0.15) is 0 Å². The van der Waals surface area contributed by atoms with Crippen LogP contribution >= 0.6 is 0 Å². The minimum atomic E-state index is 0.430. The van der Waals surface area contributed by atoms with Crippen molar-refractivity contribution in [2.75, 3.05) is 0 Å². The van der Waals surface area contributed by atoms with Crippen molar-refractivity contribution in [1.29, 1.82) is 0 Å².